The van der Waals surface area contributed by atoms with E-state index >= 15 is 0 Å². The minimum Gasteiger partial charge on any atom is -0.399 e. The predicted molar refractivity (Wildman–Crippen MR) is 109 cm³/mol. The van der Waals surface area contributed by atoms with Gasteiger partial charge >= 0.3 is 0 Å². The van der Waals surface area contributed by atoms with Gasteiger partial charge in [0.05, 0.1) is 13.2 Å². The molecule has 0 unspecified atom stereocenters. The summed E-state index contributed by atoms with van der Waals surface area (Å²) in [6.45, 7) is 5.43. The first-order valence-corrected chi connectivity index (χ1v) is 9.08. The van der Waals surface area contributed by atoms with Crippen molar-refractivity contribution >= 4 is 22.9 Å². The molecule has 0 radical (unpaired) electrons. The number of benzene rings is 2. The van der Waals surface area contributed by atoms with Crippen molar-refractivity contribution < 1.29 is 4.74 Å². The van der Waals surface area contributed by atoms with Gasteiger partial charge in [-0.2, -0.15) is 0 Å². The van der Waals surface area contributed by atoms with Crippen LogP contribution in [0, 0.1) is 6.92 Å². The SMILES string of the molecule is Cc1cnc(-c2cccc(N)c2)nc1Nc1ccc(N2CCOCC2)cc1. The fourth-order valence-electron chi connectivity index (χ4n) is 3.10. The Kier molecular flexibility index (Phi) is 4.89. The normalized spacial score (nSPS) is 14.2. The van der Waals surface area contributed by atoms with Crippen LogP contribution in [0.3, 0.4) is 0 Å². The van der Waals surface area contributed by atoms with Crippen LogP contribution in [0.5, 0.6) is 0 Å². The second kappa shape index (κ2) is 7.63. The van der Waals surface area contributed by atoms with Crippen molar-refractivity contribution in [2.24, 2.45) is 0 Å². The van der Waals surface area contributed by atoms with Gasteiger partial charge in [0.15, 0.2) is 5.82 Å². The summed E-state index contributed by atoms with van der Waals surface area (Å²) in [4.78, 5) is 11.5. The third-order valence-corrected chi connectivity index (χ3v) is 4.62. The Hall–Kier alpha value is -3.12. The number of aromatic nitrogens is 2. The van der Waals surface area contributed by atoms with Crippen LogP contribution >= 0.6 is 0 Å². The first kappa shape index (κ1) is 17.3. The molecule has 4 rings (SSSR count). The molecule has 0 amide bonds. The average Bonchev–Trinajstić information content (AvgIpc) is 2.71. The number of ether oxygens (including phenoxy) is 1. The van der Waals surface area contributed by atoms with Crippen molar-refractivity contribution in [1.29, 1.82) is 0 Å². The highest BCUT2D eigenvalue weighted by atomic mass is 16.5. The van der Waals surface area contributed by atoms with E-state index in [9.17, 15) is 0 Å². The van der Waals surface area contributed by atoms with E-state index in [1.807, 2.05) is 37.4 Å². The van der Waals surface area contributed by atoms with E-state index in [0.29, 0.717) is 11.5 Å². The average molecular weight is 361 g/mol. The third-order valence-electron chi connectivity index (χ3n) is 4.62. The van der Waals surface area contributed by atoms with Crippen molar-refractivity contribution in [3.63, 3.8) is 0 Å². The molecular weight excluding hydrogens is 338 g/mol. The molecule has 1 fully saturated rings. The molecule has 6 nitrogen and oxygen atoms in total. The van der Waals surface area contributed by atoms with Crippen LogP contribution < -0.4 is 16.0 Å². The quantitative estimate of drug-likeness (QED) is 0.691. The Morgan fingerprint density at radius 1 is 1.07 bits per heavy atom. The zero-order chi connectivity index (χ0) is 18.6. The summed E-state index contributed by atoms with van der Waals surface area (Å²) >= 11 is 0. The van der Waals surface area contributed by atoms with E-state index in [1.54, 1.807) is 0 Å². The van der Waals surface area contributed by atoms with Crippen molar-refractivity contribution in [2.75, 3.05) is 42.3 Å². The molecule has 3 aromatic rings. The minimum atomic E-state index is 0.653. The number of hydrogen-bond donors (Lipinski definition) is 2. The molecule has 6 heteroatoms. The summed E-state index contributed by atoms with van der Waals surface area (Å²) in [6, 6.07) is 16.0. The fraction of sp³-hybridized carbons (Fsp3) is 0.238. The fourth-order valence-corrected chi connectivity index (χ4v) is 3.10. The van der Waals surface area contributed by atoms with Crippen molar-refractivity contribution in [3.8, 4) is 11.4 Å². The van der Waals surface area contributed by atoms with Crippen LogP contribution in [0.15, 0.2) is 54.7 Å². The first-order valence-electron chi connectivity index (χ1n) is 9.08. The van der Waals surface area contributed by atoms with E-state index in [1.165, 1.54) is 5.69 Å². The summed E-state index contributed by atoms with van der Waals surface area (Å²) in [6.07, 6.45) is 1.83. The number of hydrogen-bond acceptors (Lipinski definition) is 6. The van der Waals surface area contributed by atoms with Crippen LogP contribution in [0.25, 0.3) is 11.4 Å². The second-order valence-corrected chi connectivity index (χ2v) is 6.62. The molecule has 138 valence electrons. The molecule has 0 spiro atoms. The molecule has 1 saturated heterocycles. The zero-order valence-corrected chi connectivity index (χ0v) is 15.4. The van der Waals surface area contributed by atoms with Crippen LogP contribution in [0.4, 0.5) is 22.9 Å². The van der Waals surface area contributed by atoms with Gasteiger partial charge in [0.1, 0.15) is 5.82 Å². The van der Waals surface area contributed by atoms with Gasteiger partial charge in [0.25, 0.3) is 0 Å². The topological polar surface area (TPSA) is 76.3 Å². The Balaban J connectivity index is 1.54. The number of morpholine rings is 1. The summed E-state index contributed by atoms with van der Waals surface area (Å²) in [5.74, 6) is 1.45. The maximum absolute atomic E-state index is 5.88. The Labute approximate surface area is 159 Å². The number of anilines is 4. The van der Waals surface area contributed by atoms with E-state index in [0.717, 1.165) is 48.9 Å². The molecule has 2 heterocycles. The van der Waals surface area contributed by atoms with Gasteiger partial charge in [0.2, 0.25) is 0 Å². The van der Waals surface area contributed by atoms with Gasteiger partial charge < -0.3 is 20.7 Å². The molecule has 2 aromatic carbocycles. The van der Waals surface area contributed by atoms with E-state index in [2.05, 4.69) is 44.5 Å². The molecule has 0 saturated carbocycles. The second-order valence-electron chi connectivity index (χ2n) is 6.62. The molecule has 0 bridgehead atoms. The number of nitrogens with one attached hydrogen (secondary N) is 1. The lowest BCUT2D eigenvalue weighted by atomic mass is 10.2. The molecular formula is C21H23N5O. The van der Waals surface area contributed by atoms with E-state index in [4.69, 9.17) is 10.5 Å². The standard InChI is InChI=1S/C21H23N5O/c1-15-14-23-21(16-3-2-4-17(22)13-16)25-20(15)24-18-5-7-19(8-6-18)26-9-11-27-12-10-26/h2-8,13-14H,9-12,22H2,1H3,(H,23,24,25). The number of nitrogens with two attached hydrogens (primary N) is 1. The predicted octanol–water partition coefficient (Wildman–Crippen LogP) is 3.61. The number of rotatable bonds is 4. The Morgan fingerprint density at radius 3 is 2.59 bits per heavy atom. The molecule has 0 aliphatic carbocycles. The summed E-state index contributed by atoms with van der Waals surface area (Å²) in [5.41, 5.74) is 10.7. The number of nitrogens with zero attached hydrogens (tertiary/aromatic N) is 3. The van der Waals surface area contributed by atoms with Crippen molar-refractivity contribution in [2.45, 2.75) is 6.92 Å². The van der Waals surface area contributed by atoms with Crippen LogP contribution in [0.2, 0.25) is 0 Å². The largest absolute Gasteiger partial charge is 0.399 e. The smallest absolute Gasteiger partial charge is 0.161 e. The Morgan fingerprint density at radius 2 is 1.85 bits per heavy atom. The van der Waals surface area contributed by atoms with Gasteiger partial charge in [0, 0.05) is 47.5 Å². The Bertz CT molecular complexity index is 920. The molecule has 0 atom stereocenters. The lowest BCUT2D eigenvalue weighted by Gasteiger charge is -2.28. The highest BCUT2D eigenvalue weighted by molar-refractivity contribution is 5.66. The van der Waals surface area contributed by atoms with Gasteiger partial charge in [-0.25, -0.2) is 9.97 Å². The zero-order valence-electron chi connectivity index (χ0n) is 15.4. The van der Waals surface area contributed by atoms with E-state index < -0.39 is 0 Å². The van der Waals surface area contributed by atoms with Crippen LogP contribution in [-0.2, 0) is 4.74 Å². The van der Waals surface area contributed by atoms with Gasteiger partial charge in [-0.1, -0.05) is 12.1 Å². The monoisotopic (exact) mass is 361 g/mol. The molecule has 1 aromatic heterocycles. The van der Waals surface area contributed by atoms with Crippen molar-refractivity contribution in [3.05, 3.63) is 60.3 Å². The summed E-state index contributed by atoms with van der Waals surface area (Å²) < 4.78 is 5.42. The lowest BCUT2D eigenvalue weighted by Crippen LogP contribution is -2.36. The molecule has 27 heavy (non-hydrogen) atoms. The molecule has 1 aliphatic rings. The number of aryl methyl sites for hydroxylation is 1. The van der Waals surface area contributed by atoms with Gasteiger partial charge in [-0.05, 0) is 43.3 Å². The molecule has 3 N–H and O–H groups in total. The van der Waals surface area contributed by atoms with Crippen molar-refractivity contribution in [1.82, 2.24) is 9.97 Å². The van der Waals surface area contributed by atoms with Gasteiger partial charge in [-0.3, -0.25) is 0 Å². The van der Waals surface area contributed by atoms with Crippen LogP contribution in [0.1, 0.15) is 5.56 Å². The highest BCUT2D eigenvalue weighted by Gasteiger charge is 2.11. The maximum Gasteiger partial charge on any atom is 0.161 e. The number of nitrogen functional groups attached to an aromatic ring is 1. The summed E-state index contributed by atoms with van der Waals surface area (Å²) in [5, 5.41) is 3.40. The van der Waals surface area contributed by atoms with Gasteiger partial charge in [-0.15, -0.1) is 0 Å². The first-order chi connectivity index (χ1) is 13.2. The maximum atomic E-state index is 5.88. The van der Waals surface area contributed by atoms with E-state index in [-0.39, 0.29) is 0 Å². The summed E-state index contributed by atoms with van der Waals surface area (Å²) in [7, 11) is 0. The molecule has 1 aliphatic heterocycles. The minimum absolute atomic E-state index is 0.653. The lowest BCUT2D eigenvalue weighted by molar-refractivity contribution is 0.122. The van der Waals surface area contributed by atoms with Crippen LogP contribution in [-0.4, -0.2) is 36.3 Å². The third kappa shape index (κ3) is 4.01. The highest BCUT2D eigenvalue weighted by Crippen LogP contribution is 2.25.